The first-order valence-corrected chi connectivity index (χ1v) is 3.66. The van der Waals surface area contributed by atoms with E-state index in [1.54, 1.807) is 6.92 Å². The Morgan fingerprint density at radius 3 is 2.45 bits per heavy atom. The van der Waals surface area contributed by atoms with Gasteiger partial charge in [0.25, 0.3) is 6.43 Å². The van der Waals surface area contributed by atoms with Crippen molar-refractivity contribution in [3.63, 3.8) is 0 Å². The van der Waals surface area contributed by atoms with Crippen molar-refractivity contribution in [2.75, 3.05) is 6.61 Å². The molecule has 0 aromatic heterocycles. The van der Waals surface area contributed by atoms with Crippen molar-refractivity contribution in [2.45, 2.75) is 32.7 Å². The predicted octanol–water partition coefficient (Wildman–Crippen LogP) is 1.65. The Morgan fingerprint density at radius 2 is 2.00 bits per heavy atom. The number of hydrogen-bond donors (Lipinski definition) is 0. The Morgan fingerprint density at radius 1 is 1.36 bits per heavy atom. The standard InChI is InChI=1S/C7H12F2O2/c1-4-3-10-7(6(8)9)11-5(4)2/h4-7H,3H2,1-2H3. The summed E-state index contributed by atoms with van der Waals surface area (Å²) in [5.74, 6) is 0.199. The van der Waals surface area contributed by atoms with Gasteiger partial charge in [-0.25, -0.2) is 8.78 Å². The zero-order chi connectivity index (χ0) is 8.43. The Balaban J connectivity index is 2.40. The minimum absolute atomic E-state index is 0.136. The third-order valence-corrected chi connectivity index (χ3v) is 1.88. The van der Waals surface area contributed by atoms with Gasteiger partial charge in [0.05, 0.1) is 12.7 Å². The summed E-state index contributed by atoms with van der Waals surface area (Å²) in [6.45, 7) is 4.05. The van der Waals surface area contributed by atoms with Gasteiger partial charge in [0, 0.05) is 5.92 Å². The molecule has 0 radical (unpaired) electrons. The molecule has 1 fully saturated rings. The van der Waals surface area contributed by atoms with E-state index >= 15 is 0 Å². The van der Waals surface area contributed by atoms with Crippen LogP contribution in [0, 0.1) is 5.92 Å². The lowest BCUT2D eigenvalue weighted by Gasteiger charge is -2.32. The van der Waals surface area contributed by atoms with E-state index in [4.69, 9.17) is 9.47 Å². The summed E-state index contributed by atoms with van der Waals surface area (Å²) >= 11 is 0. The van der Waals surface area contributed by atoms with Gasteiger partial charge < -0.3 is 9.47 Å². The van der Waals surface area contributed by atoms with Crippen LogP contribution in [-0.2, 0) is 9.47 Å². The first-order chi connectivity index (χ1) is 5.11. The van der Waals surface area contributed by atoms with E-state index in [-0.39, 0.29) is 12.0 Å². The summed E-state index contributed by atoms with van der Waals surface area (Å²) < 4.78 is 33.6. The highest BCUT2D eigenvalue weighted by atomic mass is 19.3. The lowest BCUT2D eigenvalue weighted by Crippen LogP contribution is -2.40. The summed E-state index contributed by atoms with van der Waals surface area (Å²) in [6.07, 6.45) is -3.99. The fourth-order valence-corrected chi connectivity index (χ4v) is 0.899. The Kier molecular flexibility index (Phi) is 2.78. The maximum atomic E-state index is 12.0. The largest absolute Gasteiger partial charge is 0.347 e. The van der Waals surface area contributed by atoms with Crippen molar-refractivity contribution in [1.82, 2.24) is 0 Å². The lowest BCUT2D eigenvalue weighted by molar-refractivity contribution is -0.271. The molecule has 0 bridgehead atoms. The molecule has 0 amide bonds. The maximum absolute atomic E-state index is 12.0. The Labute approximate surface area is 64.5 Å². The quantitative estimate of drug-likeness (QED) is 0.589. The lowest BCUT2D eigenvalue weighted by atomic mass is 10.1. The molecular formula is C7H12F2O2. The van der Waals surface area contributed by atoms with E-state index < -0.39 is 12.7 Å². The molecule has 0 aliphatic carbocycles. The SMILES string of the molecule is CC1COC(C(F)F)OC1C. The van der Waals surface area contributed by atoms with Crippen LogP contribution in [0.2, 0.25) is 0 Å². The molecule has 0 saturated carbocycles. The average molecular weight is 166 g/mol. The van der Waals surface area contributed by atoms with E-state index in [1.807, 2.05) is 6.92 Å². The van der Waals surface area contributed by atoms with Crippen molar-refractivity contribution in [1.29, 1.82) is 0 Å². The fourth-order valence-electron chi connectivity index (χ4n) is 0.899. The predicted molar refractivity (Wildman–Crippen MR) is 35.5 cm³/mol. The molecule has 11 heavy (non-hydrogen) atoms. The van der Waals surface area contributed by atoms with E-state index in [9.17, 15) is 8.78 Å². The Hall–Kier alpha value is -0.220. The van der Waals surface area contributed by atoms with E-state index in [1.165, 1.54) is 0 Å². The summed E-state index contributed by atoms with van der Waals surface area (Å²) in [4.78, 5) is 0. The zero-order valence-corrected chi connectivity index (χ0v) is 6.59. The molecule has 4 heteroatoms. The number of ether oxygens (including phenoxy) is 2. The second-order valence-electron chi connectivity index (χ2n) is 2.85. The van der Waals surface area contributed by atoms with Crippen molar-refractivity contribution >= 4 is 0 Å². The third-order valence-electron chi connectivity index (χ3n) is 1.88. The van der Waals surface area contributed by atoms with Gasteiger partial charge in [-0.05, 0) is 6.92 Å². The molecule has 1 aliphatic rings. The summed E-state index contributed by atoms with van der Waals surface area (Å²) in [5, 5.41) is 0. The fraction of sp³-hybridized carbons (Fsp3) is 1.00. The molecule has 1 aliphatic heterocycles. The molecule has 0 aromatic rings. The van der Waals surface area contributed by atoms with Crippen LogP contribution in [0.3, 0.4) is 0 Å². The first-order valence-electron chi connectivity index (χ1n) is 3.66. The van der Waals surface area contributed by atoms with Crippen LogP contribution in [0.25, 0.3) is 0 Å². The van der Waals surface area contributed by atoms with Crippen molar-refractivity contribution in [2.24, 2.45) is 5.92 Å². The highest BCUT2D eigenvalue weighted by Gasteiger charge is 2.31. The monoisotopic (exact) mass is 166 g/mol. The molecule has 2 nitrogen and oxygen atoms in total. The molecule has 66 valence electrons. The van der Waals surface area contributed by atoms with Gasteiger partial charge in [0.1, 0.15) is 0 Å². The minimum atomic E-state index is -2.54. The van der Waals surface area contributed by atoms with Crippen molar-refractivity contribution < 1.29 is 18.3 Å². The average Bonchev–Trinajstić information content (AvgIpc) is 1.94. The van der Waals surface area contributed by atoms with E-state index in [0.29, 0.717) is 6.61 Å². The molecule has 1 heterocycles. The molecule has 3 unspecified atom stereocenters. The van der Waals surface area contributed by atoms with Gasteiger partial charge in [-0.15, -0.1) is 0 Å². The summed E-state index contributed by atoms with van der Waals surface area (Å²) in [7, 11) is 0. The molecule has 0 aromatic carbocycles. The van der Waals surface area contributed by atoms with Crippen LogP contribution >= 0.6 is 0 Å². The number of halogens is 2. The van der Waals surface area contributed by atoms with E-state index in [2.05, 4.69) is 0 Å². The second-order valence-corrected chi connectivity index (χ2v) is 2.85. The number of hydrogen-bond acceptors (Lipinski definition) is 2. The van der Waals surface area contributed by atoms with Gasteiger partial charge >= 0.3 is 0 Å². The second kappa shape index (κ2) is 3.45. The molecule has 1 saturated heterocycles. The highest BCUT2D eigenvalue weighted by molar-refractivity contribution is 4.67. The molecular weight excluding hydrogens is 154 g/mol. The topological polar surface area (TPSA) is 18.5 Å². The minimum Gasteiger partial charge on any atom is -0.347 e. The van der Waals surface area contributed by atoms with E-state index in [0.717, 1.165) is 0 Å². The first kappa shape index (κ1) is 8.87. The van der Waals surface area contributed by atoms with Crippen LogP contribution in [0.1, 0.15) is 13.8 Å². The van der Waals surface area contributed by atoms with Gasteiger partial charge in [0.15, 0.2) is 0 Å². The molecule has 1 rings (SSSR count). The summed E-state index contributed by atoms with van der Waals surface area (Å²) in [5.41, 5.74) is 0. The Bertz CT molecular complexity index is 130. The normalized spacial score (nSPS) is 39.5. The number of alkyl halides is 2. The highest BCUT2D eigenvalue weighted by Crippen LogP contribution is 2.21. The van der Waals surface area contributed by atoms with Gasteiger partial charge in [-0.3, -0.25) is 0 Å². The molecule has 0 spiro atoms. The van der Waals surface area contributed by atoms with Crippen molar-refractivity contribution in [3.05, 3.63) is 0 Å². The smallest absolute Gasteiger partial charge is 0.288 e. The van der Waals surface area contributed by atoms with Crippen LogP contribution in [0.4, 0.5) is 8.78 Å². The zero-order valence-electron chi connectivity index (χ0n) is 6.59. The third kappa shape index (κ3) is 2.10. The molecule has 0 N–H and O–H groups in total. The van der Waals surface area contributed by atoms with Crippen LogP contribution in [-0.4, -0.2) is 25.4 Å². The molecule has 3 atom stereocenters. The maximum Gasteiger partial charge on any atom is 0.288 e. The van der Waals surface area contributed by atoms with Crippen LogP contribution < -0.4 is 0 Å². The van der Waals surface area contributed by atoms with Crippen LogP contribution in [0.5, 0.6) is 0 Å². The van der Waals surface area contributed by atoms with Gasteiger partial charge in [-0.2, -0.15) is 0 Å². The number of rotatable bonds is 1. The van der Waals surface area contributed by atoms with Gasteiger partial charge in [0.2, 0.25) is 6.29 Å². The summed E-state index contributed by atoms with van der Waals surface area (Å²) in [6, 6.07) is 0. The van der Waals surface area contributed by atoms with Crippen LogP contribution in [0.15, 0.2) is 0 Å². The van der Waals surface area contributed by atoms with Crippen molar-refractivity contribution in [3.8, 4) is 0 Å². The van der Waals surface area contributed by atoms with Gasteiger partial charge in [-0.1, -0.05) is 6.92 Å².